The van der Waals surface area contributed by atoms with Crippen molar-refractivity contribution in [2.75, 3.05) is 13.2 Å². The number of hydrogen-bond acceptors (Lipinski definition) is 7. The molecule has 0 aliphatic heterocycles. The fraction of sp³-hybridized carbons (Fsp3) is 0.233. The van der Waals surface area contributed by atoms with Crippen LogP contribution in [0.25, 0.3) is 0 Å². The van der Waals surface area contributed by atoms with Crippen molar-refractivity contribution >= 4 is 17.9 Å². The average Bonchev–Trinajstić information content (AvgIpc) is 3.06. The highest BCUT2D eigenvalue weighted by molar-refractivity contribution is 5.91. The smallest absolute Gasteiger partial charge is 0.343 e. The highest BCUT2D eigenvalue weighted by atomic mass is 16.5. The molecular weight excluding hydrogens is 472 g/mol. The molecule has 1 aliphatic rings. The molecule has 192 valence electrons. The number of allylic oxidation sites excluding steroid dienone is 4. The Bertz CT molecular complexity index is 1220. The zero-order valence-corrected chi connectivity index (χ0v) is 21.0. The van der Waals surface area contributed by atoms with Gasteiger partial charge in [0.25, 0.3) is 0 Å². The van der Waals surface area contributed by atoms with Gasteiger partial charge in [-0.3, -0.25) is 0 Å². The van der Waals surface area contributed by atoms with Crippen molar-refractivity contribution in [2.24, 2.45) is 0 Å². The van der Waals surface area contributed by atoms with Crippen LogP contribution in [0, 0.1) is 6.92 Å². The van der Waals surface area contributed by atoms with Gasteiger partial charge in [-0.25, -0.2) is 14.4 Å². The SMILES string of the molecule is C=CC(=O)OCCCCOc1ccc(C(=O)OC2=CC=C(OC(=O)c3ccc(C)cc3)CC(C)=C2)cc1. The van der Waals surface area contributed by atoms with Gasteiger partial charge in [-0.1, -0.05) is 29.8 Å². The van der Waals surface area contributed by atoms with Crippen LogP contribution in [0.3, 0.4) is 0 Å². The molecule has 0 bridgehead atoms. The number of hydrogen-bond donors (Lipinski definition) is 0. The topological polar surface area (TPSA) is 88.1 Å². The Balaban J connectivity index is 1.51. The zero-order chi connectivity index (χ0) is 26.6. The molecule has 0 spiro atoms. The van der Waals surface area contributed by atoms with Crippen LogP contribution < -0.4 is 4.74 Å². The van der Waals surface area contributed by atoms with E-state index in [4.69, 9.17) is 18.9 Å². The summed E-state index contributed by atoms with van der Waals surface area (Å²) >= 11 is 0. The summed E-state index contributed by atoms with van der Waals surface area (Å²) in [5.41, 5.74) is 2.77. The molecule has 0 radical (unpaired) electrons. The normalized spacial score (nSPS) is 12.8. The zero-order valence-electron chi connectivity index (χ0n) is 21.0. The van der Waals surface area contributed by atoms with E-state index in [1.165, 1.54) is 0 Å². The van der Waals surface area contributed by atoms with Crippen molar-refractivity contribution in [1.82, 2.24) is 0 Å². The van der Waals surface area contributed by atoms with Crippen LogP contribution in [-0.2, 0) is 19.0 Å². The van der Waals surface area contributed by atoms with Gasteiger partial charge in [-0.2, -0.15) is 0 Å². The molecule has 7 nitrogen and oxygen atoms in total. The molecular formula is C30H30O7. The van der Waals surface area contributed by atoms with Gasteiger partial charge >= 0.3 is 17.9 Å². The minimum atomic E-state index is -0.514. The lowest BCUT2D eigenvalue weighted by molar-refractivity contribution is -0.137. The highest BCUT2D eigenvalue weighted by Crippen LogP contribution is 2.22. The molecule has 1 aliphatic carbocycles. The summed E-state index contributed by atoms with van der Waals surface area (Å²) in [4.78, 5) is 36.1. The van der Waals surface area contributed by atoms with Gasteiger partial charge in [-0.05, 0) is 81.3 Å². The maximum atomic E-state index is 12.6. The second kappa shape index (κ2) is 13.6. The van der Waals surface area contributed by atoms with E-state index < -0.39 is 17.9 Å². The summed E-state index contributed by atoms with van der Waals surface area (Å²) in [6.45, 7) is 7.93. The van der Waals surface area contributed by atoms with E-state index in [9.17, 15) is 14.4 Å². The fourth-order valence-corrected chi connectivity index (χ4v) is 3.33. The molecule has 37 heavy (non-hydrogen) atoms. The second-order valence-electron chi connectivity index (χ2n) is 8.47. The van der Waals surface area contributed by atoms with Gasteiger partial charge in [0.1, 0.15) is 17.3 Å². The standard InChI is InChI=1S/C30H30O7/c1-4-28(31)35-18-6-5-17-34-25-13-11-24(12-14-25)30(33)37-27-16-15-26(19-22(3)20-27)36-29(32)23-9-7-21(2)8-10-23/h4,7-16,20H,1,5-6,17-19H2,2-3H3. The minimum absolute atomic E-state index is 0.314. The number of esters is 3. The number of aryl methyl sites for hydroxylation is 1. The summed E-state index contributed by atoms with van der Waals surface area (Å²) in [7, 11) is 0. The number of benzene rings is 2. The van der Waals surface area contributed by atoms with Gasteiger partial charge in [0.2, 0.25) is 0 Å². The first-order valence-corrected chi connectivity index (χ1v) is 11.9. The van der Waals surface area contributed by atoms with Crippen molar-refractivity contribution in [1.29, 1.82) is 0 Å². The van der Waals surface area contributed by atoms with Crippen LogP contribution >= 0.6 is 0 Å². The molecule has 2 aromatic carbocycles. The third kappa shape index (κ3) is 8.96. The van der Waals surface area contributed by atoms with E-state index >= 15 is 0 Å². The van der Waals surface area contributed by atoms with Gasteiger partial charge in [0.15, 0.2) is 0 Å². The highest BCUT2D eigenvalue weighted by Gasteiger charge is 2.15. The summed E-state index contributed by atoms with van der Waals surface area (Å²) in [5, 5.41) is 0. The molecule has 3 rings (SSSR count). The molecule has 0 amide bonds. The van der Waals surface area contributed by atoms with E-state index in [0.29, 0.717) is 60.9 Å². The predicted octanol–water partition coefficient (Wildman–Crippen LogP) is 6.01. The van der Waals surface area contributed by atoms with Crippen molar-refractivity contribution in [2.45, 2.75) is 33.1 Å². The van der Waals surface area contributed by atoms with Crippen LogP contribution in [0.4, 0.5) is 0 Å². The monoisotopic (exact) mass is 502 g/mol. The third-order valence-electron chi connectivity index (χ3n) is 5.31. The molecule has 0 unspecified atom stereocenters. The molecule has 0 atom stereocenters. The van der Waals surface area contributed by atoms with Crippen molar-refractivity contribution < 1.29 is 33.3 Å². The number of rotatable bonds is 11. The van der Waals surface area contributed by atoms with Crippen LogP contribution in [0.15, 0.2) is 96.5 Å². The van der Waals surface area contributed by atoms with Crippen LogP contribution in [0.2, 0.25) is 0 Å². The maximum absolute atomic E-state index is 12.6. The molecule has 0 aromatic heterocycles. The molecule has 0 N–H and O–H groups in total. The lowest BCUT2D eigenvalue weighted by Gasteiger charge is -2.08. The van der Waals surface area contributed by atoms with E-state index in [-0.39, 0.29) is 0 Å². The summed E-state index contributed by atoms with van der Waals surface area (Å²) in [5.74, 6) is 0.0384. The number of unbranched alkanes of at least 4 members (excludes halogenated alkanes) is 1. The number of carbonyl (C=O) groups excluding carboxylic acids is 3. The number of carbonyl (C=O) groups is 3. The third-order valence-corrected chi connectivity index (χ3v) is 5.31. The van der Waals surface area contributed by atoms with Crippen LogP contribution in [0.5, 0.6) is 5.75 Å². The summed E-state index contributed by atoms with van der Waals surface area (Å²) in [6.07, 6.45) is 7.91. The Kier molecular flexibility index (Phi) is 10.0. The Labute approximate surface area is 216 Å². The Morgan fingerprint density at radius 3 is 2.14 bits per heavy atom. The van der Waals surface area contributed by atoms with Gasteiger partial charge < -0.3 is 18.9 Å². The van der Waals surface area contributed by atoms with E-state index in [0.717, 1.165) is 17.2 Å². The Hall–Kier alpha value is -4.39. The van der Waals surface area contributed by atoms with E-state index in [2.05, 4.69) is 6.58 Å². The molecule has 2 aromatic rings. The lowest BCUT2D eigenvalue weighted by Crippen LogP contribution is -2.05. The molecule has 0 fully saturated rings. The maximum Gasteiger partial charge on any atom is 0.343 e. The fourth-order valence-electron chi connectivity index (χ4n) is 3.33. The molecule has 0 saturated carbocycles. The first-order valence-electron chi connectivity index (χ1n) is 11.9. The summed E-state index contributed by atoms with van der Waals surface area (Å²) < 4.78 is 21.7. The van der Waals surface area contributed by atoms with Gasteiger partial charge in [0.05, 0.1) is 24.3 Å². The van der Waals surface area contributed by atoms with Crippen LogP contribution in [0.1, 0.15) is 52.5 Å². The van der Waals surface area contributed by atoms with E-state index in [1.54, 1.807) is 54.6 Å². The van der Waals surface area contributed by atoms with Crippen molar-refractivity contribution in [3.05, 3.63) is 113 Å². The predicted molar refractivity (Wildman–Crippen MR) is 139 cm³/mol. The Morgan fingerprint density at radius 1 is 0.838 bits per heavy atom. The first kappa shape index (κ1) is 27.2. The average molecular weight is 503 g/mol. The molecule has 0 saturated heterocycles. The number of ether oxygens (including phenoxy) is 4. The van der Waals surface area contributed by atoms with Gasteiger partial charge in [-0.15, -0.1) is 0 Å². The minimum Gasteiger partial charge on any atom is -0.494 e. The molecule has 7 heteroatoms. The lowest BCUT2D eigenvalue weighted by atomic mass is 10.1. The quantitative estimate of drug-likeness (QED) is 0.161. The summed E-state index contributed by atoms with van der Waals surface area (Å²) in [6, 6.07) is 13.8. The van der Waals surface area contributed by atoms with Crippen LogP contribution in [-0.4, -0.2) is 31.1 Å². The Morgan fingerprint density at radius 2 is 1.46 bits per heavy atom. The van der Waals surface area contributed by atoms with Crippen molar-refractivity contribution in [3.8, 4) is 5.75 Å². The molecule has 0 heterocycles. The second-order valence-corrected chi connectivity index (χ2v) is 8.47. The first-order chi connectivity index (χ1) is 17.8. The largest absolute Gasteiger partial charge is 0.494 e. The van der Waals surface area contributed by atoms with E-state index in [1.807, 2.05) is 26.0 Å². The van der Waals surface area contributed by atoms with Gasteiger partial charge in [0, 0.05) is 12.5 Å². The van der Waals surface area contributed by atoms with Crippen molar-refractivity contribution in [3.63, 3.8) is 0 Å².